The van der Waals surface area contributed by atoms with Crippen molar-refractivity contribution in [2.24, 2.45) is 0 Å². The number of aromatic amines is 1. The summed E-state index contributed by atoms with van der Waals surface area (Å²) < 4.78 is 15.7. The van der Waals surface area contributed by atoms with Crippen molar-refractivity contribution in [2.45, 2.75) is 19.9 Å². The van der Waals surface area contributed by atoms with Gasteiger partial charge in [-0.2, -0.15) is 0 Å². The number of nitrogens with zero attached hydrogens (tertiary/aromatic N) is 3. The summed E-state index contributed by atoms with van der Waals surface area (Å²) in [6.45, 7) is 6.28. The zero-order valence-electron chi connectivity index (χ0n) is 16.3. The number of carbonyl (C=O) groups excluding carboxylic acids is 1. The molecule has 1 aromatic heterocycles. The largest absolute Gasteiger partial charge is 0.466 e. The fraction of sp³-hybridized carbons (Fsp3) is 0.450. The third-order valence-corrected chi connectivity index (χ3v) is 4.93. The van der Waals surface area contributed by atoms with Gasteiger partial charge in [0.1, 0.15) is 0 Å². The quantitative estimate of drug-likeness (QED) is 0.716. The number of H-pyrrole nitrogens is 1. The molecule has 1 aromatic carbocycles. The zero-order valence-corrected chi connectivity index (χ0v) is 16.3. The van der Waals surface area contributed by atoms with Crippen molar-refractivity contribution in [1.29, 1.82) is 0 Å². The maximum absolute atomic E-state index is 12.0. The minimum atomic E-state index is -0.384. The highest BCUT2D eigenvalue weighted by atomic mass is 16.7. The summed E-state index contributed by atoms with van der Waals surface area (Å²) in [6, 6.07) is 7.36. The lowest BCUT2D eigenvalue weighted by Gasteiger charge is -2.35. The summed E-state index contributed by atoms with van der Waals surface area (Å²) in [5.41, 5.74) is 1.33. The van der Waals surface area contributed by atoms with Crippen LogP contribution in [0.5, 0.6) is 11.5 Å². The Labute approximate surface area is 168 Å². The molecule has 2 aliphatic heterocycles. The monoisotopic (exact) mass is 400 g/mol. The molecule has 3 heterocycles. The standard InChI is InChI=1S/C20H24N4O5/c1-2-27-19(26)11-15-10-18(25)22-20(21-15)24-7-5-23(6-8-24)12-14-3-4-16-17(9-14)29-13-28-16/h3-4,9-10H,2,5-8,11-13H2,1H3,(H,21,22,25). The number of hydrogen-bond acceptors (Lipinski definition) is 8. The molecule has 29 heavy (non-hydrogen) atoms. The second-order valence-electron chi connectivity index (χ2n) is 6.99. The fourth-order valence-electron chi connectivity index (χ4n) is 3.51. The SMILES string of the molecule is CCOC(=O)Cc1cc(=O)[nH]c(N2CCN(Cc3ccc4c(c3)OCO4)CC2)n1. The van der Waals surface area contributed by atoms with Crippen LogP contribution in [0.25, 0.3) is 0 Å². The Bertz CT molecular complexity index is 937. The normalized spacial score (nSPS) is 16.1. The highest BCUT2D eigenvalue weighted by molar-refractivity contribution is 5.72. The topological polar surface area (TPSA) is 97.0 Å². The molecule has 0 amide bonds. The fourth-order valence-corrected chi connectivity index (χ4v) is 3.51. The van der Waals surface area contributed by atoms with Crippen LogP contribution in [0.15, 0.2) is 29.1 Å². The van der Waals surface area contributed by atoms with E-state index in [2.05, 4.69) is 20.9 Å². The van der Waals surface area contributed by atoms with E-state index in [1.165, 1.54) is 11.6 Å². The Morgan fingerprint density at radius 1 is 1.17 bits per heavy atom. The number of ether oxygens (including phenoxy) is 3. The van der Waals surface area contributed by atoms with Gasteiger partial charge in [0.05, 0.1) is 18.7 Å². The molecule has 4 rings (SSSR count). The minimum Gasteiger partial charge on any atom is -0.466 e. The first-order valence-electron chi connectivity index (χ1n) is 9.72. The molecule has 0 spiro atoms. The van der Waals surface area contributed by atoms with Crippen molar-refractivity contribution >= 4 is 11.9 Å². The summed E-state index contributed by atoms with van der Waals surface area (Å²) in [5.74, 6) is 1.70. The molecule has 0 bridgehead atoms. The number of nitrogens with one attached hydrogen (secondary N) is 1. The first kappa shape index (κ1) is 19.3. The molecular weight excluding hydrogens is 376 g/mol. The zero-order chi connectivity index (χ0) is 20.2. The van der Waals surface area contributed by atoms with Crippen molar-refractivity contribution in [2.75, 3.05) is 44.5 Å². The minimum absolute atomic E-state index is 0.00512. The predicted octanol–water partition coefficient (Wildman–Crippen LogP) is 0.926. The lowest BCUT2D eigenvalue weighted by atomic mass is 10.1. The molecule has 1 saturated heterocycles. The summed E-state index contributed by atoms with van der Waals surface area (Å²) in [7, 11) is 0. The van der Waals surface area contributed by atoms with E-state index in [9.17, 15) is 9.59 Å². The van der Waals surface area contributed by atoms with Gasteiger partial charge in [-0.1, -0.05) is 6.07 Å². The van der Waals surface area contributed by atoms with Gasteiger partial charge in [0, 0.05) is 38.8 Å². The summed E-state index contributed by atoms with van der Waals surface area (Å²) in [4.78, 5) is 35.3. The van der Waals surface area contributed by atoms with Crippen LogP contribution in [0.1, 0.15) is 18.2 Å². The Morgan fingerprint density at radius 3 is 2.76 bits per heavy atom. The van der Waals surface area contributed by atoms with E-state index in [1.54, 1.807) is 6.92 Å². The van der Waals surface area contributed by atoms with Crippen LogP contribution in [0.4, 0.5) is 5.95 Å². The molecule has 1 fully saturated rings. The molecule has 154 valence electrons. The van der Waals surface area contributed by atoms with Crippen molar-refractivity contribution in [3.63, 3.8) is 0 Å². The van der Waals surface area contributed by atoms with Crippen molar-refractivity contribution in [3.05, 3.63) is 45.9 Å². The lowest BCUT2D eigenvalue weighted by Crippen LogP contribution is -2.47. The first-order valence-corrected chi connectivity index (χ1v) is 9.72. The number of carbonyl (C=O) groups is 1. The Kier molecular flexibility index (Phi) is 5.66. The number of fused-ring (bicyclic) bond motifs is 1. The van der Waals surface area contributed by atoms with Gasteiger partial charge < -0.3 is 19.1 Å². The van der Waals surface area contributed by atoms with Crippen LogP contribution < -0.4 is 19.9 Å². The van der Waals surface area contributed by atoms with Crippen molar-refractivity contribution in [1.82, 2.24) is 14.9 Å². The number of anilines is 1. The molecule has 9 heteroatoms. The van der Waals surface area contributed by atoms with E-state index in [1.807, 2.05) is 17.0 Å². The van der Waals surface area contributed by atoms with Gasteiger partial charge in [-0.25, -0.2) is 4.98 Å². The van der Waals surface area contributed by atoms with Crippen molar-refractivity contribution in [3.8, 4) is 11.5 Å². The van der Waals surface area contributed by atoms with E-state index in [0.29, 0.717) is 18.2 Å². The molecule has 0 saturated carbocycles. The van der Waals surface area contributed by atoms with Gasteiger partial charge in [-0.15, -0.1) is 0 Å². The first-order chi connectivity index (χ1) is 14.1. The number of hydrogen-bond donors (Lipinski definition) is 1. The van der Waals surface area contributed by atoms with Crippen molar-refractivity contribution < 1.29 is 19.0 Å². The molecule has 9 nitrogen and oxygen atoms in total. The highest BCUT2D eigenvalue weighted by Gasteiger charge is 2.21. The van der Waals surface area contributed by atoms with Crippen LogP contribution in [-0.2, 0) is 22.5 Å². The second-order valence-corrected chi connectivity index (χ2v) is 6.99. The Hall–Kier alpha value is -3.07. The number of rotatable bonds is 6. The van der Waals surface area contributed by atoms with Crippen LogP contribution >= 0.6 is 0 Å². The van der Waals surface area contributed by atoms with E-state index in [-0.39, 0.29) is 24.7 Å². The number of aromatic nitrogens is 2. The molecule has 2 aliphatic rings. The molecular formula is C20H24N4O5. The van der Waals surface area contributed by atoms with Crippen LogP contribution in [0, 0.1) is 0 Å². The molecule has 0 radical (unpaired) electrons. The van der Waals surface area contributed by atoms with Gasteiger partial charge >= 0.3 is 5.97 Å². The lowest BCUT2D eigenvalue weighted by molar-refractivity contribution is -0.142. The second kappa shape index (κ2) is 8.52. The number of benzene rings is 1. The third-order valence-electron chi connectivity index (χ3n) is 4.93. The van der Waals surface area contributed by atoms with E-state index >= 15 is 0 Å². The molecule has 2 aromatic rings. The van der Waals surface area contributed by atoms with Crippen LogP contribution in [0.2, 0.25) is 0 Å². The van der Waals surface area contributed by atoms with E-state index in [0.717, 1.165) is 44.2 Å². The maximum atomic E-state index is 12.0. The van der Waals surface area contributed by atoms with Gasteiger partial charge in [0.25, 0.3) is 5.56 Å². The molecule has 0 unspecified atom stereocenters. The predicted molar refractivity (Wildman–Crippen MR) is 105 cm³/mol. The van der Waals surface area contributed by atoms with E-state index in [4.69, 9.17) is 14.2 Å². The van der Waals surface area contributed by atoms with Gasteiger partial charge in [0.15, 0.2) is 11.5 Å². The summed E-state index contributed by atoms with van der Waals surface area (Å²) >= 11 is 0. The maximum Gasteiger partial charge on any atom is 0.311 e. The Balaban J connectivity index is 1.36. The van der Waals surface area contributed by atoms with E-state index < -0.39 is 0 Å². The number of esters is 1. The van der Waals surface area contributed by atoms with Gasteiger partial charge in [0.2, 0.25) is 12.7 Å². The van der Waals surface area contributed by atoms with Gasteiger partial charge in [-0.3, -0.25) is 19.5 Å². The molecule has 0 atom stereocenters. The smallest absolute Gasteiger partial charge is 0.311 e. The van der Waals surface area contributed by atoms with Gasteiger partial charge in [-0.05, 0) is 24.6 Å². The molecule has 0 aliphatic carbocycles. The summed E-state index contributed by atoms with van der Waals surface area (Å²) in [5, 5.41) is 0. The average molecular weight is 400 g/mol. The average Bonchev–Trinajstić information content (AvgIpc) is 3.16. The molecule has 1 N–H and O–H groups in total. The highest BCUT2D eigenvalue weighted by Crippen LogP contribution is 2.32. The third kappa shape index (κ3) is 4.68. The Morgan fingerprint density at radius 2 is 1.97 bits per heavy atom. The van der Waals surface area contributed by atoms with Crippen LogP contribution in [-0.4, -0.2) is 60.4 Å². The summed E-state index contributed by atoms with van der Waals surface area (Å²) in [6.07, 6.45) is -0.00512. The number of piperazine rings is 1. The van der Waals surface area contributed by atoms with Crippen LogP contribution in [0.3, 0.4) is 0 Å².